The Morgan fingerprint density at radius 2 is 1.65 bits per heavy atom. The highest BCUT2D eigenvalue weighted by Gasteiger charge is 2.40. The van der Waals surface area contributed by atoms with E-state index in [4.69, 9.17) is 55.9 Å². The first-order valence-electron chi connectivity index (χ1n) is 7.37. The molecule has 0 spiro atoms. The minimum atomic E-state index is -0.973. The molecule has 2 aromatic rings. The van der Waals surface area contributed by atoms with Gasteiger partial charge in [-0.2, -0.15) is 10.1 Å². The highest BCUT2D eigenvalue weighted by atomic mass is 35.5. The normalized spacial score (nSPS) is 16.8. The molecule has 136 valence electrons. The van der Waals surface area contributed by atoms with Gasteiger partial charge >= 0.3 is 0 Å². The van der Waals surface area contributed by atoms with Crippen molar-refractivity contribution in [3.05, 3.63) is 56.5 Å². The second-order valence-corrected chi connectivity index (χ2v) is 7.03. The van der Waals surface area contributed by atoms with Gasteiger partial charge in [-0.25, -0.2) is 0 Å². The Balaban J connectivity index is 1.95. The van der Waals surface area contributed by atoms with Crippen LogP contribution in [0.1, 0.15) is 0 Å². The van der Waals surface area contributed by atoms with Crippen LogP contribution in [0.5, 0.6) is 5.75 Å². The predicted octanol–water partition coefficient (Wildman–Crippen LogP) is 5.10. The third kappa shape index (κ3) is 3.92. The molecule has 1 aliphatic rings. The van der Waals surface area contributed by atoms with E-state index in [1.807, 2.05) is 0 Å². The molecule has 0 aliphatic carbocycles. The Morgan fingerprint density at radius 3 is 2.23 bits per heavy atom. The Morgan fingerprint density at radius 1 is 1.04 bits per heavy atom. The average molecular weight is 434 g/mol. The van der Waals surface area contributed by atoms with Gasteiger partial charge in [-0.15, -0.1) is 0 Å². The molecule has 1 heterocycles. The summed E-state index contributed by atoms with van der Waals surface area (Å²) >= 11 is 24.2. The third-order valence-corrected chi connectivity index (χ3v) is 4.56. The van der Waals surface area contributed by atoms with Crippen LogP contribution in [0.2, 0.25) is 20.1 Å². The van der Waals surface area contributed by atoms with E-state index in [9.17, 15) is 4.79 Å². The molecule has 0 bridgehead atoms. The zero-order chi connectivity index (χ0) is 18.8. The SMILES string of the molecule is COCC1=NN(c2c(Cl)cc(Cl)cc2Cl)C(=O)C1Oc1ccc(Cl)cc1. The van der Waals surface area contributed by atoms with Gasteiger partial charge in [0.1, 0.15) is 17.1 Å². The molecule has 3 rings (SSSR count). The number of anilines is 1. The summed E-state index contributed by atoms with van der Waals surface area (Å²) in [5, 5.41) is 6.70. The molecule has 0 fully saturated rings. The highest BCUT2D eigenvalue weighted by molar-refractivity contribution is 6.43. The molecular weight excluding hydrogens is 422 g/mol. The van der Waals surface area contributed by atoms with E-state index in [1.54, 1.807) is 24.3 Å². The molecule has 1 unspecified atom stereocenters. The maximum atomic E-state index is 12.9. The van der Waals surface area contributed by atoms with Gasteiger partial charge in [-0.3, -0.25) is 4.79 Å². The van der Waals surface area contributed by atoms with E-state index >= 15 is 0 Å². The predicted molar refractivity (Wildman–Crippen MR) is 104 cm³/mol. The van der Waals surface area contributed by atoms with Crippen molar-refractivity contribution in [2.75, 3.05) is 18.7 Å². The minimum absolute atomic E-state index is 0.101. The van der Waals surface area contributed by atoms with E-state index < -0.39 is 12.0 Å². The van der Waals surface area contributed by atoms with Crippen molar-refractivity contribution >= 4 is 63.7 Å². The lowest BCUT2D eigenvalue weighted by atomic mass is 10.2. The number of carbonyl (C=O) groups excluding carboxylic acids is 1. The summed E-state index contributed by atoms with van der Waals surface area (Å²) in [4.78, 5) is 12.9. The van der Waals surface area contributed by atoms with Crippen LogP contribution in [0.25, 0.3) is 0 Å². The monoisotopic (exact) mass is 432 g/mol. The molecule has 0 saturated heterocycles. The molecule has 2 aromatic carbocycles. The lowest BCUT2D eigenvalue weighted by molar-refractivity contribution is -0.121. The number of benzene rings is 2. The van der Waals surface area contributed by atoms with Gasteiger partial charge in [0.15, 0.2) is 0 Å². The fraction of sp³-hybridized carbons (Fsp3) is 0.176. The van der Waals surface area contributed by atoms with Crippen molar-refractivity contribution in [3.8, 4) is 5.75 Å². The van der Waals surface area contributed by atoms with Crippen LogP contribution < -0.4 is 9.75 Å². The molecular formula is C17H12Cl4N2O3. The number of ether oxygens (including phenoxy) is 2. The number of hydrogen-bond acceptors (Lipinski definition) is 4. The van der Waals surface area contributed by atoms with Gasteiger partial charge in [0.25, 0.3) is 5.91 Å². The smallest absolute Gasteiger partial charge is 0.294 e. The Bertz CT molecular complexity index is 848. The first-order chi connectivity index (χ1) is 12.4. The van der Waals surface area contributed by atoms with Gasteiger partial charge in [-0.1, -0.05) is 46.4 Å². The van der Waals surface area contributed by atoms with Crippen LogP contribution in [0.3, 0.4) is 0 Å². The lowest BCUT2D eigenvalue weighted by Gasteiger charge is -2.18. The molecule has 0 saturated carbocycles. The molecule has 9 heteroatoms. The van der Waals surface area contributed by atoms with Crippen molar-refractivity contribution in [2.24, 2.45) is 5.10 Å². The zero-order valence-corrected chi connectivity index (χ0v) is 16.4. The number of hydrazone groups is 1. The van der Waals surface area contributed by atoms with Crippen molar-refractivity contribution in [1.82, 2.24) is 0 Å². The van der Waals surface area contributed by atoms with Gasteiger partial charge in [-0.05, 0) is 36.4 Å². The van der Waals surface area contributed by atoms with Crippen LogP contribution in [-0.4, -0.2) is 31.4 Å². The van der Waals surface area contributed by atoms with Crippen molar-refractivity contribution in [3.63, 3.8) is 0 Å². The van der Waals surface area contributed by atoms with Crippen molar-refractivity contribution in [2.45, 2.75) is 6.10 Å². The van der Waals surface area contributed by atoms with Crippen LogP contribution in [-0.2, 0) is 9.53 Å². The number of amides is 1. The Hall–Kier alpha value is -1.50. The van der Waals surface area contributed by atoms with Gasteiger partial charge in [0.05, 0.1) is 16.7 Å². The number of halogens is 4. The van der Waals surface area contributed by atoms with Crippen LogP contribution in [0.15, 0.2) is 41.5 Å². The number of hydrogen-bond donors (Lipinski definition) is 0. The summed E-state index contributed by atoms with van der Waals surface area (Å²) in [6, 6.07) is 9.60. The average Bonchev–Trinajstić information content (AvgIpc) is 2.86. The van der Waals surface area contributed by atoms with E-state index in [1.165, 1.54) is 19.2 Å². The molecule has 26 heavy (non-hydrogen) atoms. The van der Waals surface area contributed by atoms with Crippen LogP contribution in [0.4, 0.5) is 5.69 Å². The topological polar surface area (TPSA) is 51.1 Å². The molecule has 5 nitrogen and oxygen atoms in total. The second-order valence-electron chi connectivity index (χ2n) is 5.34. The quantitative estimate of drug-likeness (QED) is 0.659. The van der Waals surface area contributed by atoms with Gasteiger partial charge in [0.2, 0.25) is 6.10 Å². The molecule has 0 N–H and O–H groups in total. The number of carbonyl (C=O) groups is 1. The van der Waals surface area contributed by atoms with Crippen molar-refractivity contribution < 1.29 is 14.3 Å². The largest absolute Gasteiger partial charge is 0.474 e. The van der Waals surface area contributed by atoms with Crippen LogP contribution in [0, 0.1) is 0 Å². The first-order valence-corrected chi connectivity index (χ1v) is 8.89. The van der Waals surface area contributed by atoms with E-state index in [-0.39, 0.29) is 22.3 Å². The molecule has 1 atom stereocenters. The van der Waals surface area contributed by atoms with Gasteiger partial charge in [0, 0.05) is 17.2 Å². The van der Waals surface area contributed by atoms with E-state index in [0.717, 1.165) is 5.01 Å². The lowest BCUT2D eigenvalue weighted by Crippen LogP contribution is -2.38. The van der Waals surface area contributed by atoms with Crippen molar-refractivity contribution in [1.29, 1.82) is 0 Å². The van der Waals surface area contributed by atoms with E-state index in [2.05, 4.69) is 5.10 Å². The fourth-order valence-electron chi connectivity index (χ4n) is 2.40. The Labute approximate surface area is 170 Å². The summed E-state index contributed by atoms with van der Waals surface area (Å²) in [7, 11) is 1.50. The van der Waals surface area contributed by atoms with E-state index in [0.29, 0.717) is 21.5 Å². The minimum Gasteiger partial charge on any atom is -0.474 e. The standard InChI is InChI=1S/C17H12Cl4N2O3/c1-25-8-14-16(26-11-4-2-9(18)3-5-11)17(24)23(22-14)15-12(20)6-10(19)7-13(15)21/h2-7,16H,8H2,1H3. The molecule has 1 amide bonds. The molecule has 1 aliphatic heterocycles. The molecule has 0 aromatic heterocycles. The zero-order valence-electron chi connectivity index (χ0n) is 13.4. The summed E-state index contributed by atoms with van der Waals surface area (Å²) in [6.07, 6.45) is -0.973. The number of rotatable bonds is 5. The maximum Gasteiger partial charge on any atom is 0.294 e. The van der Waals surface area contributed by atoms with Gasteiger partial charge < -0.3 is 9.47 Å². The summed E-state index contributed by atoms with van der Waals surface area (Å²) in [6.45, 7) is 0.101. The summed E-state index contributed by atoms with van der Waals surface area (Å²) in [5.41, 5.74) is 0.619. The first kappa shape index (κ1) is 19.3. The second kappa shape index (κ2) is 8.03. The third-order valence-electron chi connectivity index (χ3n) is 3.52. The number of nitrogens with zero attached hydrogens (tertiary/aromatic N) is 2. The molecule has 0 radical (unpaired) electrons. The number of methoxy groups -OCH3 is 1. The summed E-state index contributed by atoms with van der Waals surface area (Å²) in [5.74, 6) is 0.0184. The Kier molecular flexibility index (Phi) is 5.95. The highest BCUT2D eigenvalue weighted by Crippen LogP contribution is 2.38. The van der Waals surface area contributed by atoms with Crippen LogP contribution >= 0.6 is 46.4 Å². The summed E-state index contributed by atoms with van der Waals surface area (Å²) < 4.78 is 10.9. The fourth-order valence-corrected chi connectivity index (χ4v) is 3.50. The maximum absolute atomic E-state index is 12.9.